The van der Waals surface area contributed by atoms with Gasteiger partial charge in [0.05, 0.1) is 4.92 Å². The van der Waals surface area contributed by atoms with Crippen LogP contribution >= 0.6 is 31.9 Å². The van der Waals surface area contributed by atoms with Gasteiger partial charge in [-0.15, -0.1) is 5.10 Å². The van der Waals surface area contributed by atoms with Gasteiger partial charge < -0.3 is 10.6 Å². The average Bonchev–Trinajstić information content (AvgIpc) is 3.24. The third kappa shape index (κ3) is 5.86. The standard InChI is InChI=1S/C23H18Br2N6O3/c24-18-5-1-3-15(11-18)13-26-22-28-23(27-14-16-4-2-6-19(25)12-16)30(29-22)21(32)17-7-9-20(10-8-17)31(33)34/h1-12H,13-14H2,(H2,26,27,28,29). The van der Waals surface area contributed by atoms with Crippen LogP contribution < -0.4 is 10.6 Å². The normalized spacial score (nSPS) is 10.6. The fraction of sp³-hybridized carbons (Fsp3) is 0.0870. The summed E-state index contributed by atoms with van der Waals surface area (Å²) in [5.74, 6) is 0.0571. The lowest BCUT2D eigenvalue weighted by Gasteiger charge is -2.07. The number of hydrogen-bond donors (Lipinski definition) is 2. The van der Waals surface area contributed by atoms with Crippen molar-refractivity contribution in [3.8, 4) is 0 Å². The third-order valence-electron chi connectivity index (χ3n) is 4.80. The molecule has 0 unspecified atom stereocenters. The molecule has 9 nitrogen and oxygen atoms in total. The quantitative estimate of drug-likeness (QED) is 0.203. The van der Waals surface area contributed by atoms with Crippen molar-refractivity contribution >= 4 is 55.4 Å². The van der Waals surface area contributed by atoms with Gasteiger partial charge in [0, 0.05) is 39.7 Å². The van der Waals surface area contributed by atoms with E-state index < -0.39 is 10.8 Å². The number of anilines is 2. The maximum absolute atomic E-state index is 13.2. The molecule has 1 aromatic heterocycles. The Kier molecular flexibility index (Phi) is 7.33. The molecule has 4 rings (SSSR count). The van der Waals surface area contributed by atoms with Crippen molar-refractivity contribution in [3.63, 3.8) is 0 Å². The van der Waals surface area contributed by atoms with Crippen LogP contribution in [0.2, 0.25) is 0 Å². The second kappa shape index (κ2) is 10.6. The Balaban J connectivity index is 1.58. The first-order chi connectivity index (χ1) is 16.4. The largest absolute Gasteiger partial charge is 0.350 e. The Bertz CT molecular complexity index is 1340. The lowest BCUT2D eigenvalue weighted by atomic mass is 10.2. The summed E-state index contributed by atoms with van der Waals surface area (Å²) >= 11 is 6.90. The highest BCUT2D eigenvalue weighted by Crippen LogP contribution is 2.19. The number of nitrogens with one attached hydrogen (secondary N) is 2. The Hall–Kier alpha value is -3.57. The van der Waals surface area contributed by atoms with Crippen LogP contribution in [0.3, 0.4) is 0 Å². The molecule has 34 heavy (non-hydrogen) atoms. The summed E-state index contributed by atoms with van der Waals surface area (Å²) in [6.07, 6.45) is 0. The first kappa shape index (κ1) is 23.6. The van der Waals surface area contributed by atoms with Gasteiger partial charge in [-0.1, -0.05) is 56.1 Å². The molecule has 172 valence electrons. The van der Waals surface area contributed by atoms with Crippen molar-refractivity contribution in [2.75, 3.05) is 10.6 Å². The second-order valence-electron chi connectivity index (χ2n) is 7.25. The van der Waals surface area contributed by atoms with Gasteiger partial charge in [0.15, 0.2) is 0 Å². The lowest BCUT2D eigenvalue weighted by molar-refractivity contribution is -0.384. The van der Waals surface area contributed by atoms with Gasteiger partial charge in [-0.3, -0.25) is 14.9 Å². The van der Waals surface area contributed by atoms with E-state index >= 15 is 0 Å². The number of carbonyl (C=O) groups excluding carboxylic acids is 1. The maximum atomic E-state index is 13.2. The maximum Gasteiger partial charge on any atom is 0.281 e. The molecule has 0 aliphatic carbocycles. The molecule has 0 amide bonds. The molecular weight excluding hydrogens is 568 g/mol. The number of rotatable bonds is 8. The molecule has 0 bridgehead atoms. The van der Waals surface area contributed by atoms with E-state index in [0.717, 1.165) is 24.8 Å². The molecule has 0 aliphatic heterocycles. The number of aromatic nitrogens is 3. The topological polar surface area (TPSA) is 115 Å². The summed E-state index contributed by atoms with van der Waals surface area (Å²) in [4.78, 5) is 28.0. The number of non-ortho nitro benzene ring substituents is 1. The highest BCUT2D eigenvalue weighted by Gasteiger charge is 2.19. The van der Waals surface area contributed by atoms with Gasteiger partial charge in [-0.2, -0.15) is 9.67 Å². The van der Waals surface area contributed by atoms with Gasteiger partial charge in [0.25, 0.3) is 11.6 Å². The minimum atomic E-state index is -0.515. The Labute approximate surface area is 211 Å². The van der Waals surface area contributed by atoms with Gasteiger partial charge in [-0.05, 0) is 47.5 Å². The summed E-state index contributed by atoms with van der Waals surface area (Å²) in [5.41, 5.74) is 2.14. The molecule has 0 saturated carbocycles. The van der Waals surface area contributed by atoms with Crippen LogP contribution in [-0.2, 0) is 13.1 Å². The Morgan fingerprint density at radius 2 is 1.50 bits per heavy atom. The number of nitro groups is 1. The molecule has 0 spiro atoms. The molecule has 0 radical (unpaired) electrons. The molecule has 0 atom stereocenters. The molecule has 3 aromatic carbocycles. The predicted molar refractivity (Wildman–Crippen MR) is 136 cm³/mol. The summed E-state index contributed by atoms with van der Waals surface area (Å²) in [6, 6.07) is 20.9. The fourth-order valence-electron chi connectivity index (χ4n) is 3.15. The zero-order chi connectivity index (χ0) is 24.1. The number of carbonyl (C=O) groups is 1. The summed E-state index contributed by atoms with van der Waals surface area (Å²) in [5, 5.41) is 21.6. The van der Waals surface area contributed by atoms with Crippen LogP contribution in [-0.4, -0.2) is 25.6 Å². The average molecular weight is 586 g/mol. The van der Waals surface area contributed by atoms with Crippen LogP contribution in [0.4, 0.5) is 17.6 Å². The third-order valence-corrected chi connectivity index (χ3v) is 5.79. The van der Waals surface area contributed by atoms with Crippen molar-refractivity contribution in [2.24, 2.45) is 0 Å². The van der Waals surface area contributed by atoms with Crippen molar-refractivity contribution in [1.29, 1.82) is 0 Å². The fourth-order valence-corrected chi connectivity index (χ4v) is 4.04. The smallest absolute Gasteiger partial charge is 0.281 e. The SMILES string of the molecule is O=C(c1ccc([N+](=O)[O-])cc1)n1nc(NCc2cccc(Br)c2)nc1NCc1cccc(Br)c1. The summed E-state index contributed by atoms with van der Waals surface area (Å²) in [7, 11) is 0. The number of nitro benzene ring substituents is 1. The van der Waals surface area contributed by atoms with Crippen molar-refractivity contribution < 1.29 is 9.72 Å². The molecule has 0 fully saturated rings. The van der Waals surface area contributed by atoms with E-state index in [1.807, 2.05) is 48.5 Å². The molecule has 0 aliphatic rings. The van der Waals surface area contributed by atoms with Gasteiger partial charge in [0.1, 0.15) is 0 Å². The van der Waals surface area contributed by atoms with Crippen molar-refractivity contribution in [3.05, 3.63) is 109 Å². The van der Waals surface area contributed by atoms with E-state index in [1.54, 1.807) is 0 Å². The molecular formula is C23H18Br2N6O3. The van der Waals surface area contributed by atoms with Crippen molar-refractivity contribution in [1.82, 2.24) is 14.8 Å². The van der Waals surface area contributed by atoms with E-state index in [2.05, 4.69) is 52.6 Å². The van der Waals surface area contributed by atoms with E-state index in [-0.39, 0.29) is 23.1 Å². The number of halogens is 2. The lowest BCUT2D eigenvalue weighted by Crippen LogP contribution is -2.17. The predicted octanol–water partition coefficient (Wildman–Crippen LogP) is 5.62. The van der Waals surface area contributed by atoms with Crippen LogP contribution in [0.1, 0.15) is 21.5 Å². The minimum absolute atomic E-state index is 0.0977. The minimum Gasteiger partial charge on any atom is -0.350 e. The first-order valence-electron chi connectivity index (χ1n) is 10.1. The van der Waals surface area contributed by atoms with Crippen LogP contribution in [0.25, 0.3) is 0 Å². The second-order valence-corrected chi connectivity index (χ2v) is 9.08. The zero-order valence-corrected chi connectivity index (χ0v) is 20.8. The first-order valence-corrected chi connectivity index (χ1v) is 11.7. The molecule has 0 saturated heterocycles. The molecule has 11 heteroatoms. The summed E-state index contributed by atoms with van der Waals surface area (Å²) in [6.45, 7) is 0.872. The van der Waals surface area contributed by atoms with Gasteiger partial charge in [-0.25, -0.2) is 0 Å². The van der Waals surface area contributed by atoms with Gasteiger partial charge >= 0.3 is 0 Å². The highest BCUT2D eigenvalue weighted by molar-refractivity contribution is 9.10. The van der Waals surface area contributed by atoms with E-state index in [1.165, 1.54) is 24.3 Å². The molecule has 1 heterocycles. The van der Waals surface area contributed by atoms with Crippen LogP contribution in [0.15, 0.2) is 81.7 Å². The zero-order valence-electron chi connectivity index (χ0n) is 17.6. The van der Waals surface area contributed by atoms with Crippen LogP contribution in [0, 0.1) is 10.1 Å². The van der Waals surface area contributed by atoms with Crippen molar-refractivity contribution in [2.45, 2.75) is 13.1 Å². The highest BCUT2D eigenvalue weighted by atomic mass is 79.9. The van der Waals surface area contributed by atoms with Crippen LogP contribution in [0.5, 0.6) is 0 Å². The van der Waals surface area contributed by atoms with Gasteiger partial charge in [0.2, 0.25) is 11.9 Å². The number of hydrogen-bond acceptors (Lipinski definition) is 7. The number of nitrogens with zero attached hydrogens (tertiary/aromatic N) is 4. The molecule has 4 aromatic rings. The summed E-state index contributed by atoms with van der Waals surface area (Å²) < 4.78 is 3.05. The van der Waals surface area contributed by atoms with E-state index in [9.17, 15) is 14.9 Å². The number of benzene rings is 3. The Morgan fingerprint density at radius 1 is 0.912 bits per heavy atom. The van der Waals surface area contributed by atoms with E-state index in [4.69, 9.17) is 0 Å². The monoisotopic (exact) mass is 584 g/mol. The molecule has 2 N–H and O–H groups in total. The van der Waals surface area contributed by atoms with E-state index in [0.29, 0.717) is 13.1 Å². The Morgan fingerprint density at radius 3 is 2.06 bits per heavy atom.